The molecule has 0 bridgehead atoms. The van der Waals surface area contributed by atoms with E-state index in [0.29, 0.717) is 11.7 Å². The van der Waals surface area contributed by atoms with Crippen molar-refractivity contribution < 1.29 is 13.5 Å². The molecule has 0 saturated heterocycles. The Morgan fingerprint density at radius 2 is 2.16 bits per heavy atom. The number of hydrogen-bond donors (Lipinski definition) is 1. The van der Waals surface area contributed by atoms with Crippen LogP contribution in [-0.4, -0.2) is 16.2 Å². The van der Waals surface area contributed by atoms with Gasteiger partial charge in [0.1, 0.15) is 5.15 Å². The van der Waals surface area contributed by atoms with Crippen LogP contribution in [0.2, 0.25) is 5.15 Å². The number of alkyl halides is 2. The van der Waals surface area contributed by atoms with Crippen LogP contribution < -0.4 is 10.2 Å². The number of ether oxygens (including phenoxy) is 1. The molecule has 7 heteroatoms. The number of nitrogens with zero attached hydrogens (tertiary/aromatic N) is 2. The highest BCUT2D eigenvalue weighted by molar-refractivity contribution is 6.29. The topological polar surface area (TPSA) is 50.9 Å². The fourth-order valence-corrected chi connectivity index (χ4v) is 1.66. The van der Waals surface area contributed by atoms with Crippen LogP contribution in [0.1, 0.15) is 5.56 Å². The number of pyridine rings is 2. The molecule has 0 aliphatic heterocycles. The largest absolute Gasteiger partial charge is 0.431 e. The monoisotopic (exact) mass is 285 g/mol. The molecule has 2 rings (SSSR count). The molecule has 0 fully saturated rings. The van der Waals surface area contributed by atoms with Crippen molar-refractivity contribution in [3.05, 3.63) is 52.9 Å². The van der Waals surface area contributed by atoms with Gasteiger partial charge in [0.25, 0.3) is 0 Å². The van der Waals surface area contributed by atoms with Crippen LogP contribution in [0.4, 0.5) is 8.78 Å². The van der Waals surface area contributed by atoms with Crippen molar-refractivity contribution in [3.63, 3.8) is 0 Å². The summed E-state index contributed by atoms with van der Waals surface area (Å²) in [6, 6.07) is 6.24. The molecule has 2 aromatic rings. The van der Waals surface area contributed by atoms with Crippen molar-refractivity contribution >= 4 is 11.6 Å². The van der Waals surface area contributed by atoms with E-state index in [1.54, 1.807) is 30.6 Å². The summed E-state index contributed by atoms with van der Waals surface area (Å²) in [6.45, 7) is -2.62. The van der Waals surface area contributed by atoms with Gasteiger partial charge in [0.05, 0.1) is 6.54 Å². The molecule has 0 aromatic carbocycles. The highest BCUT2D eigenvalue weighted by atomic mass is 35.5. The van der Waals surface area contributed by atoms with Gasteiger partial charge in [-0.05, 0) is 23.8 Å². The smallest absolute Gasteiger partial charge is 0.387 e. The van der Waals surface area contributed by atoms with E-state index in [1.165, 1.54) is 10.6 Å². The Morgan fingerprint density at radius 3 is 2.79 bits per heavy atom. The van der Waals surface area contributed by atoms with E-state index in [0.717, 1.165) is 5.56 Å². The normalized spacial score (nSPS) is 10.7. The molecular formula is C12H10ClF2N3O. The Bertz CT molecular complexity index is 613. The maximum atomic E-state index is 12.2. The van der Waals surface area contributed by atoms with Crippen LogP contribution in [0.5, 0.6) is 5.75 Å². The fraction of sp³-hybridized carbons (Fsp3) is 0.167. The van der Waals surface area contributed by atoms with Crippen LogP contribution in [-0.2, 0) is 6.54 Å². The number of nitrogens with one attached hydrogen (secondary N) is 1. The molecule has 0 amide bonds. The van der Waals surface area contributed by atoms with Crippen molar-refractivity contribution in [2.75, 3.05) is 0 Å². The van der Waals surface area contributed by atoms with Gasteiger partial charge in [0.15, 0.2) is 11.2 Å². The summed E-state index contributed by atoms with van der Waals surface area (Å²) in [5, 5.41) is 8.16. The minimum absolute atomic E-state index is 0.127. The maximum Gasteiger partial charge on any atom is 0.387 e. The second-order valence-corrected chi connectivity index (χ2v) is 4.10. The van der Waals surface area contributed by atoms with Crippen molar-refractivity contribution in [1.82, 2.24) is 9.55 Å². The lowest BCUT2D eigenvalue weighted by atomic mass is 10.3. The molecule has 100 valence electrons. The fourth-order valence-electron chi connectivity index (χ4n) is 1.55. The maximum absolute atomic E-state index is 12.2. The SMILES string of the molecule is N=c1c(OC(F)F)cccn1Cc1ccc(Cl)nc1. The Hall–Kier alpha value is -1.95. The van der Waals surface area contributed by atoms with Crippen LogP contribution >= 0.6 is 11.6 Å². The Morgan fingerprint density at radius 1 is 1.37 bits per heavy atom. The van der Waals surface area contributed by atoms with Crippen LogP contribution in [0, 0.1) is 5.41 Å². The molecule has 2 aromatic heterocycles. The van der Waals surface area contributed by atoms with Crippen molar-refractivity contribution in [1.29, 1.82) is 5.41 Å². The Kier molecular flexibility index (Phi) is 4.11. The first-order chi connectivity index (χ1) is 9.06. The number of rotatable bonds is 4. The lowest BCUT2D eigenvalue weighted by molar-refractivity contribution is -0.0514. The Labute approximate surface area is 112 Å². The molecular weight excluding hydrogens is 276 g/mol. The number of aromatic nitrogens is 2. The van der Waals surface area contributed by atoms with Gasteiger partial charge in [0.2, 0.25) is 0 Å². The molecule has 0 aliphatic rings. The van der Waals surface area contributed by atoms with Gasteiger partial charge in [0, 0.05) is 12.4 Å². The molecule has 0 radical (unpaired) electrons. The van der Waals surface area contributed by atoms with E-state index in [2.05, 4.69) is 9.72 Å². The first-order valence-electron chi connectivity index (χ1n) is 5.35. The zero-order valence-electron chi connectivity index (χ0n) is 9.69. The minimum atomic E-state index is -2.95. The lowest BCUT2D eigenvalue weighted by Crippen LogP contribution is -2.23. The summed E-state index contributed by atoms with van der Waals surface area (Å²) in [5.74, 6) is -0.167. The number of halogens is 3. The quantitative estimate of drug-likeness (QED) is 0.878. The molecule has 19 heavy (non-hydrogen) atoms. The average molecular weight is 286 g/mol. The third-order valence-electron chi connectivity index (χ3n) is 2.39. The predicted octanol–water partition coefficient (Wildman–Crippen LogP) is 2.67. The zero-order chi connectivity index (χ0) is 13.8. The van der Waals surface area contributed by atoms with Gasteiger partial charge >= 0.3 is 6.61 Å². The van der Waals surface area contributed by atoms with Crippen molar-refractivity contribution in [2.45, 2.75) is 13.2 Å². The van der Waals surface area contributed by atoms with Crippen LogP contribution in [0.3, 0.4) is 0 Å². The van der Waals surface area contributed by atoms with E-state index in [-0.39, 0.29) is 11.2 Å². The van der Waals surface area contributed by atoms with Crippen LogP contribution in [0.15, 0.2) is 36.7 Å². The van der Waals surface area contributed by atoms with Gasteiger partial charge in [-0.25, -0.2) is 4.98 Å². The molecule has 0 unspecified atom stereocenters. The molecule has 0 saturated carbocycles. The summed E-state index contributed by atoms with van der Waals surface area (Å²) >= 11 is 5.67. The van der Waals surface area contributed by atoms with Gasteiger partial charge in [-0.2, -0.15) is 8.78 Å². The molecule has 0 aliphatic carbocycles. The summed E-state index contributed by atoms with van der Waals surface area (Å²) in [4.78, 5) is 3.92. The van der Waals surface area contributed by atoms with E-state index in [4.69, 9.17) is 17.0 Å². The summed E-state index contributed by atoms with van der Waals surface area (Å²) in [5.41, 5.74) is 0.676. The van der Waals surface area contributed by atoms with E-state index in [9.17, 15) is 8.78 Å². The van der Waals surface area contributed by atoms with Crippen molar-refractivity contribution in [2.24, 2.45) is 0 Å². The standard InChI is InChI=1S/C12H10ClF2N3O/c13-10-4-3-8(6-17-10)7-18-5-1-2-9(11(18)16)19-12(14)15/h1-6,12,16H,7H2. The van der Waals surface area contributed by atoms with E-state index in [1.807, 2.05) is 0 Å². The molecule has 1 N–H and O–H groups in total. The predicted molar refractivity (Wildman–Crippen MR) is 65.3 cm³/mol. The molecule has 2 heterocycles. The second-order valence-electron chi connectivity index (χ2n) is 3.72. The second kappa shape index (κ2) is 5.79. The Balaban J connectivity index is 2.25. The minimum Gasteiger partial charge on any atom is -0.431 e. The first-order valence-corrected chi connectivity index (χ1v) is 5.73. The first kappa shape index (κ1) is 13.5. The van der Waals surface area contributed by atoms with E-state index < -0.39 is 6.61 Å². The van der Waals surface area contributed by atoms with Gasteiger partial charge < -0.3 is 9.30 Å². The summed E-state index contributed by atoms with van der Waals surface area (Å²) in [7, 11) is 0. The third kappa shape index (κ3) is 3.51. The van der Waals surface area contributed by atoms with Crippen LogP contribution in [0.25, 0.3) is 0 Å². The lowest BCUT2D eigenvalue weighted by Gasteiger charge is -2.10. The summed E-state index contributed by atoms with van der Waals surface area (Å²) in [6.07, 6.45) is 3.17. The highest BCUT2D eigenvalue weighted by Gasteiger charge is 2.08. The molecule has 0 atom stereocenters. The van der Waals surface area contributed by atoms with Crippen molar-refractivity contribution in [3.8, 4) is 5.75 Å². The van der Waals surface area contributed by atoms with Gasteiger partial charge in [-0.3, -0.25) is 5.41 Å². The van der Waals surface area contributed by atoms with Gasteiger partial charge in [-0.15, -0.1) is 0 Å². The average Bonchev–Trinajstić information content (AvgIpc) is 2.36. The number of hydrogen-bond acceptors (Lipinski definition) is 3. The van der Waals surface area contributed by atoms with E-state index >= 15 is 0 Å². The summed E-state index contributed by atoms with van der Waals surface area (Å²) < 4.78 is 30.1. The highest BCUT2D eigenvalue weighted by Crippen LogP contribution is 2.09. The third-order valence-corrected chi connectivity index (χ3v) is 2.62. The van der Waals surface area contributed by atoms with Gasteiger partial charge in [-0.1, -0.05) is 17.7 Å². The zero-order valence-corrected chi connectivity index (χ0v) is 10.4. The molecule has 4 nitrogen and oxygen atoms in total. The molecule has 0 spiro atoms.